The van der Waals surface area contributed by atoms with Crippen LogP contribution in [0, 0.1) is 0 Å². The van der Waals surface area contributed by atoms with Gasteiger partial charge in [-0.25, -0.2) is 0 Å². The Labute approximate surface area is 95.2 Å². The van der Waals surface area contributed by atoms with Gasteiger partial charge in [-0.3, -0.25) is 0 Å². The average Bonchev–Trinajstić information content (AvgIpc) is 2.29. The summed E-state index contributed by atoms with van der Waals surface area (Å²) in [4.78, 5) is 6.55. The third kappa shape index (κ3) is 2.19. The molecule has 1 aromatic rings. The highest BCUT2D eigenvalue weighted by Crippen LogP contribution is 2.23. The van der Waals surface area contributed by atoms with E-state index >= 15 is 0 Å². The van der Waals surface area contributed by atoms with Crippen LogP contribution in [0.2, 0.25) is 0 Å². The van der Waals surface area contributed by atoms with E-state index in [1.165, 1.54) is 0 Å². The zero-order chi connectivity index (χ0) is 11.5. The summed E-state index contributed by atoms with van der Waals surface area (Å²) in [6, 6.07) is 3.73. The van der Waals surface area contributed by atoms with Crippen molar-refractivity contribution >= 4 is 11.5 Å². The molecule has 1 atom stereocenters. The number of hydrogen-bond donors (Lipinski definition) is 1. The maximum Gasteiger partial charge on any atom is 0.238 e. The van der Waals surface area contributed by atoms with Crippen LogP contribution < -0.4 is 15.4 Å². The molecule has 0 aliphatic carbocycles. The third-order valence-corrected chi connectivity index (χ3v) is 2.63. The summed E-state index contributed by atoms with van der Waals surface area (Å²) >= 11 is 0. The Morgan fingerprint density at radius 3 is 3.06 bits per heavy atom. The summed E-state index contributed by atoms with van der Waals surface area (Å²) in [5, 5.41) is 0. The van der Waals surface area contributed by atoms with E-state index in [4.69, 9.17) is 15.2 Å². The first-order valence-electron chi connectivity index (χ1n) is 5.37. The molecule has 5 nitrogen and oxygen atoms in total. The maximum absolute atomic E-state index is 5.73. The standard InChI is InChI=1S/C11H17N3O2/c1-8-7-14(5-6-16-8)10-4-3-9(12)11(13-10)15-2/h3-4,8H,5-7,12H2,1-2H3. The predicted molar refractivity (Wildman–Crippen MR) is 62.8 cm³/mol. The van der Waals surface area contributed by atoms with E-state index < -0.39 is 0 Å². The number of hydrogen-bond acceptors (Lipinski definition) is 5. The number of anilines is 2. The lowest BCUT2D eigenvalue weighted by atomic mass is 10.3. The van der Waals surface area contributed by atoms with Crippen molar-refractivity contribution in [3.05, 3.63) is 12.1 Å². The summed E-state index contributed by atoms with van der Waals surface area (Å²) in [6.07, 6.45) is 0.235. The van der Waals surface area contributed by atoms with Crippen LogP contribution in [-0.2, 0) is 4.74 Å². The van der Waals surface area contributed by atoms with E-state index in [0.717, 1.165) is 25.5 Å². The topological polar surface area (TPSA) is 60.6 Å². The largest absolute Gasteiger partial charge is 0.479 e. The second-order valence-electron chi connectivity index (χ2n) is 3.90. The molecule has 2 heterocycles. The van der Waals surface area contributed by atoms with Gasteiger partial charge in [0.25, 0.3) is 0 Å². The van der Waals surface area contributed by atoms with Crippen molar-refractivity contribution in [3.63, 3.8) is 0 Å². The number of nitrogen functional groups attached to an aromatic ring is 1. The highest BCUT2D eigenvalue weighted by atomic mass is 16.5. The van der Waals surface area contributed by atoms with Crippen LogP contribution in [0.25, 0.3) is 0 Å². The van der Waals surface area contributed by atoms with E-state index in [9.17, 15) is 0 Å². The van der Waals surface area contributed by atoms with E-state index in [1.54, 1.807) is 7.11 Å². The van der Waals surface area contributed by atoms with E-state index in [1.807, 2.05) is 12.1 Å². The molecule has 5 heteroatoms. The molecular formula is C11H17N3O2. The molecule has 1 aliphatic heterocycles. The molecule has 2 N–H and O–H groups in total. The zero-order valence-electron chi connectivity index (χ0n) is 9.64. The molecule has 0 saturated carbocycles. The van der Waals surface area contributed by atoms with Gasteiger partial charge in [0.15, 0.2) is 0 Å². The van der Waals surface area contributed by atoms with Gasteiger partial charge < -0.3 is 20.1 Å². The molecule has 0 bridgehead atoms. The van der Waals surface area contributed by atoms with Crippen LogP contribution in [0.15, 0.2) is 12.1 Å². The first-order valence-corrected chi connectivity index (χ1v) is 5.37. The maximum atomic E-state index is 5.73. The molecule has 0 spiro atoms. The SMILES string of the molecule is COc1nc(N2CCOC(C)C2)ccc1N. The van der Waals surface area contributed by atoms with Gasteiger partial charge in [-0.15, -0.1) is 0 Å². The molecule has 1 aliphatic rings. The lowest BCUT2D eigenvalue weighted by Gasteiger charge is -2.32. The normalized spacial score (nSPS) is 20.9. The number of pyridine rings is 1. The summed E-state index contributed by atoms with van der Waals surface area (Å²) < 4.78 is 10.6. The highest BCUT2D eigenvalue weighted by molar-refractivity contribution is 5.54. The van der Waals surface area contributed by atoms with E-state index in [0.29, 0.717) is 11.6 Å². The average molecular weight is 223 g/mol. The number of aromatic nitrogens is 1. The highest BCUT2D eigenvalue weighted by Gasteiger charge is 2.18. The fraction of sp³-hybridized carbons (Fsp3) is 0.545. The Kier molecular flexibility index (Phi) is 3.14. The van der Waals surface area contributed by atoms with Crippen LogP contribution in [0.5, 0.6) is 5.88 Å². The molecule has 1 unspecified atom stereocenters. The molecule has 0 amide bonds. The summed E-state index contributed by atoms with van der Waals surface area (Å²) in [7, 11) is 1.57. The fourth-order valence-electron chi connectivity index (χ4n) is 1.81. The number of nitrogens with zero attached hydrogens (tertiary/aromatic N) is 2. The Morgan fingerprint density at radius 1 is 1.56 bits per heavy atom. The van der Waals surface area contributed by atoms with Crippen LogP contribution in [0.3, 0.4) is 0 Å². The number of nitrogens with two attached hydrogens (primary N) is 1. The van der Waals surface area contributed by atoms with Crippen molar-refractivity contribution in [3.8, 4) is 5.88 Å². The van der Waals surface area contributed by atoms with Gasteiger partial charge in [0.2, 0.25) is 5.88 Å². The molecule has 1 saturated heterocycles. The van der Waals surface area contributed by atoms with Crippen molar-refractivity contribution in [1.82, 2.24) is 4.98 Å². The smallest absolute Gasteiger partial charge is 0.238 e. The summed E-state index contributed by atoms with van der Waals surface area (Å²) in [5.74, 6) is 1.37. The van der Waals surface area contributed by atoms with Crippen molar-refractivity contribution in [2.24, 2.45) is 0 Å². The monoisotopic (exact) mass is 223 g/mol. The fourth-order valence-corrected chi connectivity index (χ4v) is 1.81. The number of methoxy groups -OCH3 is 1. The number of morpholine rings is 1. The van der Waals surface area contributed by atoms with Gasteiger partial charge in [-0.05, 0) is 19.1 Å². The second-order valence-corrected chi connectivity index (χ2v) is 3.90. The molecule has 2 rings (SSSR count). The van der Waals surface area contributed by atoms with Crippen LogP contribution in [0.4, 0.5) is 11.5 Å². The van der Waals surface area contributed by atoms with Crippen molar-refractivity contribution < 1.29 is 9.47 Å². The Balaban J connectivity index is 2.19. The minimum atomic E-state index is 0.235. The van der Waals surface area contributed by atoms with Gasteiger partial charge in [-0.2, -0.15) is 4.98 Å². The van der Waals surface area contributed by atoms with Crippen molar-refractivity contribution in [2.45, 2.75) is 13.0 Å². The first-order chi connectivity index (χ1) is 7.70. The number of ether oxygens (including phenoxy) is 2. The van der Waals surface area contributed by atoms with Gasteiger partial charge in [0, 0.05) is 13.1 Å². The minimum absolute atomic E-state index is 0.235. The zero-order valence-corrected chi connectivity index (χ0v) is 9.64. The third-order valence-electron chi connectivity index (χ3n) is 2.63. The summed E-state index contributed by atoms with van der Waals surface area (Å²) in [5.41, 5.74) is 6.29. The van der Waals surface area contributed by atoms with Gasteiger partial charge in [-0.1, -0.05) is 0 Å². The van der Waals surface area contributed by atoms with Crippen LogP contribution in [-0.4, -0.2) is 37.9 Å². The Bertz CT molecular complexity index is 370. The lowest BCUT2D eigenvalue weighted by Crippen LogP contribution is -2.41. The number of rotatable bonds is 2. The van der Waals surface area contributed by atoms with Gasteiger partial charge in [0.05, 0.1) is 25.5 Å². The van der Waals surface area contributed by atoms with E-state index in [2.05, 4.69) is 16.8 Å². The quantitative estimate of drug-likeness (QED) is 0.807. The molecule has 16 heavy (non-hydrogen) atoms. The van der Waals surface area contributed by atoms with Crippen molar-refractivity contribution in [1.29, 1.82) is 0 Å². The van der Waals surface area contributed by atoms with Gasteiger partial charge in [0.1, 0.15) is 5.82 Å². The second kappa shape index (κ2) is 4.57. The molecular weight excluding hydrogens is 206 g/mol. The van der Waals surface area contributed by atoms with Gasteiger partial charge >= 0.3 is 0 Å². The first kappa shape index (κ1) is 11.0. The molecule has 0 radical (unpaired) electrons. The minimum Gasteiger partial charge on any atom is -0.479 e. The van der Waals surface area contributed by atoms with Crippen molar-refractivity contribution in [2.75, 3.05) is 37.4 Å². The van der Waals surface area contributed by atoms with E-state index in [-0.39, 0.29) is 6.10 Å². The predicted octanol–water partition coefficient (Wildman–Crippen LogP) is 0.897. The molecule has 0 aromatic carbocycles. The van der Waals surface area contributed by atoms with Crippen LogP contribution >= 0.6 is 0 Å². The molecule has 1 aromatic heterocycles. The summed E-state index contributed by atoms with van der Waals surface area (Å²) in [6.45, 7) is 4.49. The Hall–Kier alpha value is -1.49. The lowest BCUT2D eigenvalue weighted by molar-refractivity contribution is 0.0529. The Morgan fingerprint density at radius 2 is 2.38 bits per heavy atom. The molecule has 88 valence electrons. The van der Waals surface area contributed by atoms with Crippen LogP contribution in [0.1, 0.15) is 6.92 Å². The molecule has 1 fully saturated rings.